The van der Waals surface area contributed by atoms with Gasteiger partial charge in [-0.05, 0) is 47.1 Å². The van der Waals surface area contributed by atoms with Gasteiger partial charge in [0.25, 0.3) is 0 Å². The summed E-state index contributed by atoms with van der Waals surface area (Å²) in [4.78, 5) is 9.26. The Labute approximate surface area is 141 Å². The van der Waals surface area contributed by atoms with E-state index in [1.165, 1.54) is 0 Å². The van der Waals surface area contributed by atoms with E-state index in [1.807, 2.05) is 41.8 Å². The molecule has 6 heteroatoms. The Kier molecular flexibility index (Phi) is 4.20. The highest BCUT2D eigenvalue weighted by atomic mass is 79.9. The van der Waals surface area contributed by atoms with Crippen molar-refractivity contribution in [1.29, 1.82) is 0 Å². The number of imidazole rings is 1. The number of aromatic nitrogens is 3. The van der Waals surface area contributed by atoms with Crippen molar-refractivity contribution in [2.24, 2.45) is 0 Å². The van der Waals surface area contributed by atoms with E-state index in [0.717, 1.165) is 32.8 Å². The maximum Gasteiger partial charge on any atom is 0.164 e. The molecular weight excluding hydrogens is 373 g/mol. The van der Waals surface area contributed by atoms with E-state index in [9.17, 15) is 0 Å². The van der Waals surface area contributed by atoms with E-state index >= 15 is 0 Å². The van der Waals surface area contributed by atoms with Gasteiger partial charge in [-0.3, -0.25) is 4.57 Å². The summed E-state index contributed by atoms with van der Waals surface area (Å²) in [5.41, 5.74) is 3.54. The number of alkyl halides is 1. The molecule has 0 spiro atoms. The second kappa shape index (κ2) is 5.95. The minimum absolute atomic E-state index is 0.500. The van der Waals surface area contributed by atoms with Crippen molar-refractivity contribution in [3.8, 4) is 5.69 Å². The molecule has 1 aromatic carbocycles. The van der Waals surface area contributed by atoms with Crippen LogP contribution in [0.1, 0.15) is 11.5 Å². The molecule has 21 heavy (non-hydrogen) atoms. The van der Waals surface area contributed by atoms with Gasteiger partial charge in [-0.2, -0.15) is 0 Å². The summed E-state index contributed by atoms with van der Waals surface area (Å²) < 4.78 is 2.84. The van der Waals surface area contributed by atoms with Crippen molar-refractivity contribution in [2.45, 2.75) is 13.3 Å². The van der Waals surface area contributed by atoms with Gasteiger partial charge in [0.15, 0.2) is 5.65 Å². The number of halogens is 3. The summed E-state index contributed by atoms with van der Waals surface area (Å²) in [6, 6.07) is 9.67. The summed E-state index contributed by atoms with van der Waals surface area (Å²) in [7, 11) is 0. The monoisotopic (exact) mass is 383 g/mol. The predicted molar refractivity (Wildman–Crippen MR) is 90.7 cm³/mol. The van der Waals surface area contributed by atoms with Gasteiger partial charge in [0.2, 0.25) is 0 Å². The second-order valence-electron chi connectivity index (χ2n) is 4.67. The van der Waals surface area contributed by atoms with Crippen LogP contribution in [0.2, 0.25) is 5.02 Å². The normalized spacial score (nSPS) is 11.2. The number of hydrogen-bond donors (Lipinski definition) is 0. The maximum atomic E-state index is 6.22. The zero-order valence-corrected chi connectivity index (χ0v) is 14.4. The molecule has 0 unspecified atom stereocenters. The molecule has 3 aromatic rings. The molecule has 108 valence electrons. The van der Waals surface area contributed by atoms with Gasteiger partial charge in [0, 0.05) is 18.0 Å². The van der Waals surface area contributed by atoms with Crippen molar-refractivity contribution in [1.82, 2.24) is 14.5 Å². The second-order valence-corrected chi connectivity index (χ2v) is 6.25. The molecule has 0 radical (unpaired) electrons. The number of fused-ring (bicyclic) bond motifs is 1. The Bertz CT molecular complexity index is 814. The van der Waals surface area contributed by atoms with Crippen molar-refractivity contribution < 1.29 is 0 Å². The highest BCUT2D eigenvalue weighted by Crippen LogP contribution is 2.32. The maximum absolute atomic E-state index is 6.22. The SMILES string of the molecule is Cc1ccc2nc(CCCl)n(-c3cccc(Cl)c3Br)c2n1. The molecule has 3 nitrogen and oxygen atoms in total. The molecule has 0 fully saturated rings. The summed E-state index contributed by atoms with van der Waals surface area (Å²) in [5, 5.41) is 0.652. The molecule has 0 saturated heterocycles. The Balaban J connectivity index is 2.35. The van der Waals surface area contributed by atoms with Gasteiger partial charge in [-0.1, -0.05) is 17.7 Å². The Morgan fingerprint density at radius 1 is 1.19 bits per heavy atom. The molecular formula is C15H12BrCl2N3. The quantitative estimate of drug-likeness (QED) is 0.599. The fourth-order valence-electron chi connectivity index (χ4n) is 2.27. The Morgan fingerprint density at radius 3 is 2.76 bits per heavy atom. The first-order valence-corrected chi connectivity index (χ1v) is 8.17. The lowest BCUT2D eigenvalue weighted by Gasteiger charge is -2.11. The van der Waals surface area contributed by atoms with E-state index in [0.29, 0.717) is 17.3 Å². The summed E-state index contributed by atoms with van der Waals surface area (Å²) in [6.07, 6.45) is 0.663. The fourth-order valence-corrected chi connectivity index (χ4v) is 3.05. The standard InChI is InChI=1S/C15H12BrCl2N3/c1-9-5-6-11-15(19-9)21(13(20-11)7-8-17)12-4-2-3-10(18)14(12)16/h2-6H,7-8H2,1H3. The first-order chi connectivity index (χ1) is 10.1. The van der Waals surface area contributed by atoms with Crippen LogP contribution in [0.4, 0.5) is 0 Å². The van der Waals surface area contributed by atoms with Gasteiger partial charge >= 0.3 is 0 Å². The van der Waals surface area contributed by atoms with Gasteiger partial charge in [0.05, 0.1) is 15.2 Å². The number of aryl methyl sites for hydroxylation is 2. The number of hydrogen-bond acceptors (Lipinski definition) is 2. The average molecular weight is 385 g/mol. The molecule has 0 saturated carbocycles. The summed E-state index contributed by atoms with van der Waals surface area (Å²) in [5.74, 6) is 1.38. The third-order valence-corrected chi connectivity index (χ3v) is 4.77. The molecule has 0 atom stereocenters. The first-order valence-electron chi connectivity index (χ1n) is 6.47. The topological polar surface area (TPSA) is 30.7 Å². The van der Waals surface area contributed by atoms with E-state index in [-0.39, 0.29) is 0 Å². The van der Waals surface area contributed by atoms with Gasteiger partial charge in [-0.25, -0.2) is 9.97 Å². The lowest BCUT2D eigenvalue weighted by atomic mass is 10.3. The smallest absolute Gasteiger partial charge is 0.164 e. The molecule has 2 aromatic heterocycles. The van der Waals surface area contributed by atoms with Crippen LogP contribution in [0.5, 0.6) is 0 Å². The number of rotatable bonds is 3. The zero-order valence-electron chi connectivity index (χ0n) is 11.3. The fraction of sp³-hybridized carbons (Fsp3) is 0.200. The largest absolute Gasteiger partial charge is 0.279 e. The third kappa shape index (κ3) is 2.68. The molecule has 0 aliphatic rings. The minimum Gasteiger partial charge on any atom is -0.279 e. The lowest BCUT2D eigenvalue weighted by Crippen LogP contribution is -2.04. The van der Waals surface area contributed by atoms with Crippen LogP contribution in [-0.4, -0.2) is 20.4 Å². The molecule has 0 N–H and O–H groups in total. The van der Waals surface area contributed by atoms with Gasteiger partial charge < -0.3 is 0 Å². The third-order valence-electron chi connectivity index (χ3n) is 3.20. The van der Waals surface area contributed by atoms with Crippen LogP contribution in [0.15, 0.2) is 34.8 Å². The van der Waals surface area contributed by atoms with Crippen LogP contribution in [0.3, 0.4) is 0 Å². The van der Waals surface area contributed by atoms with E-state index < -0.39 is 0 Å². The average Bonchev–Trinajstić information content (AvgIpc) is 2.80. The highest BCUT2D eigenvalue weighted by molar-refractivity contribution is 9.10. The van der Waals surface area contributed by atoms with E-state index in [2.05, 4.69) is 25.9 Å². The van der Waals surface area contributed by atoms with Crippen molar-refractivity contribution in [2.75, 3.05) is 5.88 Å². The molecule has 0 aliphatic carbocycles. The van der Waals surface area contributed by atoms with Gasteiger partial charge in [-0.15, -0.1) is 11.6 Å². The van der Waals surface area contributed by atoms with Crippen molar-refractivity contribution >= 4 is 50.3 Å². The summed E-state index contributed by atoms with van der Waals surface area (Å²) >= 11 is 15.7. The minimum atomic E-state index is 0.500. The first kappa shape index (κ1) is 14.8. The van der Waals surface area contributed by atoms with Crippen LogP contribution in [0, 0.1) is 6.92 Å². The lowest BCUT2D eigenvalue weighted by molar-refractivity contribution is 0.901. The highest BCUT2D eigenvalue weighted by Gasteiger charge is 2.16. The van der Waals surface area contributed by atoms with Crippen LogP contribution < -0.4 is 0 Å². The zero-order chi connectivity index (χ0) is 15.0. The van der Waals surface area contributed by atoms with Gasteiger partial charge in [0.1, 0.15) is 11.3 Å². The van der Waals surface area contributed by atoms with Crippen molar-refractivity contribution in [3.63, 3.8) is 0 Å². The molecule has 0 aliphatic heterocycles. The molecule has 0 amide bonds. The number of pyridine rings is 1. The predicted octanol–water partition coefficient (Wildman–Crippen LogP) is 4.93. The summed E-state index contributed by atoms with van der Waals surface area (Å²) in [6.45, 7) is 1.96. The van der Waals surface area contributed by atoms with Crippen molar-refractivity contribution in [3.05, 3.63) is 51.3 Å². The molecule has 2 heterocycles. The van der Waals surface area contributed by atoms with E-state index in [4.69, 9.17) is 23.2 Å². The molecule has 3 rings (SSSR count). The number of benzene rings is 1. The van der Waals surface area contributed by atoms with Crippen LogP contribution in [-0.2, 0) is 6.42 Å². The Hall–Kier alpha value is -1.10. The van der Waals surface area contributed by atoms with Crippen LogP contribution in [0.25, 0.3) is 16.9 Å². The molecule has 0 bridgehead atoms. The number of nitrogens with zero attached hydrogens (tertiary/aromatic N) is 3. The van der Waals surface area contributed by atoms with E-state index in [1.54, 1.807) is 0 Å². The van der Waals surface area contributed by atoms with Crippen LogP contribution >= 0.6 is 39.1 Å². The Morgan fingerprint density at radius 2 is 2.00 bits per heavy atom.